The topological polar surface area (TPSA) is 37.3 Å². The van der Waals surface area contributed by atoms with E-state index in [1.165, 1.54) is 32.1 Å². The van der Waals surface area contributed by atoms with Crippen LogP contribution in [0.5, 0.6) is 0 Å². The predicted octanol–water partition coefficient (Wildman–Crippen LogP) is 2.80. The molecule has 1 aliphatic carbocycles. The Morgan fingerprint density at radius 2 is 2.00 bits per heavy atom. The van der Waals surface area contributed by atoms with Crippen LogP contribution in [0, 0.1) is 5.92 Å². The Kier molecular flexibility index (Phi) is 4.06. The fourth-order valence-corrected chi connectivity index (χ4v) is 2.34. The SMILES string of the molecule is O=C(O)[C@@H](Br)CC1CCCCC1. The molecule has 0 saturated heterocycles. The first-order chi connectivity index (χ1) is 5.70. The molecule has 0 amide bonds. The number of halogens is 1. The zero-order valence-electron chi connectivity index (χ0n) is 7.13. The van der Waals surface area contributed by atoms with E-state index in [2.05, 4.69) is 15.9 Å². The van der Waals surface area contributed by atoms with E-state index in [4.69, 9.17) is 5.11 Å². The number of carboxylic acid groups (broad SMARTS) is 1. The van der Waals surface area contributed by atoms with Crippen molar-refractivity contribution in [2.24, 2.45) is 5.92 Å². The third-order valence-corrected chi connectivity index (χ3v) is 3.30. The summed E-state index contributed by atoms with van der Waals surface area (Å²) in [5.74, 6) is -0.0835. The van der Waals surface area contributed by atoms with Gasteiger partial charge in [-0.2, -0.15) is 0 Å². The normalized spacial score (nSPS) is 22.1. The number of rotatable bonds is 3. The summed E-state index contributed by atoms with van der Waals surface area (Å²) in [6, 6.07) is 0. The van der Waals surface area contributed by atoms with Gasteiger partial charge in [0, 0.05) is 0 Å². The second-order valence-corrected chi connectivity index (χ2v) is 4.65. The second kappa shape index (κ2) is 4.85. The summed E-state index contributed by atoms with van der Waals surface area (Å²) in [5, 5.41) is 8.67. The van der Waals surface area contributed by atoms with Crippen LogP contribution in [-0.2, 0) is 4.79 Å². The summed E-state index contributed by atoms with van der Waals surface area (Å²) in [7, 11) is 0. The number of hydrogen-bond donors (Lipinski definition) is 1. The Morgan fingerprint density at radius 1 is 1.42 bits per heavy atom. The molecule has 0 aromatic carbocycles. The Morgan fingerprint density at radius 3 is 2.50 bits per heavy atom. The van der Waals surface area contributed by atoms with Crippen LogP contribution in [-0.4, -0.2) is 15.9 Å². The molecule has 0 aromatic rings. The summed E-state index contributed by atoms with van der Waals surface area (Å²) < 4.78 is 0. The highest BCUT2D eigenvalue weighted by Crippen LogP contribution is 2.29. The highest BCUT2D eigenvalue weighted by Gasteiger charge is 2.21. The maximum Gasteiger partial charge on any atom is 0.317 e. The summed E-state index contributed by atoms with van der Waals surface area (Å²) in [6.07, 6.45) is 7.13. The molecule has 0 unspecified atom stereocenters. The van der Waals surface area contributed by atoms with Crippen molar-refractivity contribution in [1.29, 1.82) is 0 Å². The molecule has 1 N–H and O–H groups in total. The molecule has 0 radical (unpaired) electrons. The predicted molar refractivity (Wildman–Crippen MR) is 51.5 cm³/mol. The minimum Gasteiger partial charge on any atom is -0.480 e. The molecule has 0 spiro atoms. The van der Waals surface area contributed by atoms with Crippen LogP contribution in [0.3, 0.4) is 0 Å². The Hall–Kier alpha value is -0.0500. The zero-order valence-corrected chi connectivity index (χ0v) is 8.72. The summed E-state index contributed by atoms with van der Waals surface area (Å²) in [5.41, 5.74) is 0. The van der Waals surface area contributed by atoms with Gasteiger partial charge in [-0.3, -0.25) is 4.79 Å². The van der Waals surface area contributed by atoms with Crippen molar-refractivity contribution in [2.75, 3.05) is 0 Å². The lowest BCUT2D eigenvalue weighted by molar-refractivity contribution is -0.136. The van der Waals surface area contributed by atoms with Crippen LogP contribution >= 0.6 is 15.9 Å². The molecular weight excluding hydrogens is 220 g/mol. The lowest BCUT2D eigenvalue weighted by Crippen LogP contribution is -2.18. The summed E-state index contributed by atoms with van der Waals surface area (Å²) in [6.45, 7) is 0. The van der Waals surface area contributed by atoms with Crippen molar-refractivity contribution < 1.29 is 9.90 Å². The molecule has 12 heavy (non-hydrogen) atoms. The van der Waals surface area contributed by atoms with Gasteiger partial charge >= 0.3 is 5.97 Å². The second-order valence-electron chi connectivity index (χ2n) is 3.55. The zero-order chi connectivity index (χ0) is 8.97. The van der Waals surface area contributed by atoms with Crippen molar-refractivity contribution in [3.8, 4) is 0 Å². The molecule has 1 atom stereocenters. The van der Waals surface area contributed by atoms with Gasteiger partial charge in [-0.15, -0.1) is 0 Å². The standard InChI is InChI=1S/C9H15BrO2/c10-8(9(11)12)6-7-4-2-1-3-5-7/h7-8H,1-6H2,(H,11,12)/t8-/m0/s1. The lowest BCUT2D eigenvalue weighted by atomic mass is 9.86. The molecule has 1 saturated carbocycles. The van der Waals surface area contributed by atoms with Gasteiger partial charge in [0.1, 0.15) is 4.83 Å². The van der Waals surface area contributed by atoms with Crippen LogP contribution in [0.15, 0.2) is 0 Å². The third kappa shape index (κ3) is 3.13. The van der Waals surface area contributed by atoms with Gasteiger partial charge in [-0.25, -0.2) is 0 Å². The Bertz CT molecular complexity index is 153. The van der Waals surface area contributed by atoms with Crippen LogP contribution in [0.1, 0.15) is 38.5 Å². The molecule has 3 heteroatoms. The molecule has 0 aliphatic heterocycles. The van der Waals surface area contributed by atoms with Gasteiger partial charge in [0.2, 0.25) is 0 Å². The van der Waals surface area contributed by atoms with Crippen LogP contribution in [0.4, 0.5) is 0 Å². The minimum atomic E-state index is -0.722. The molecule has 70 valence electrons. The van der Waals surface area contributed by atoms with Crippen LogP contribution < -0.4 is 0 Å². The van der Waals surface area contributed by atoms with E-state index in [9.17, 15) is 4.79 Å². The number of alkyl halides is 1. The number of carbonyl (C=O) groups is 1. The van der Waals surface area contributed by atoms with E-state index in [-0.39, 0.29) is 4.83 Å². The van der Waals surface area contributed by atoms with E-state index in [1.54, 1.807) is 0 Å². The average molecular weight is 235 g/mol. The van der Waals surface area contributed by atoms with E-state index in [0.717, 1.165) is 6.42 Å². The number of hydrogen-bond acceptors (Lipinski definition) is 1. The monoisotopic (exact) mass is 234 g/mol. The smallest absolute Gasteiger partial charge is 0.317 e. The van der Waals surface area contributed by atoms with Crippen molar-refractivity contribution in [1.82, 2.24) is 0 Å². The van der Waals surface area contributed by atoms with Gasteiger partial charge in [0.25, 0.3) is 0 Å². The molecule has 1 rings (SSSR count). The van der Waals surface area contributed by atoms with Crippen molar-refractivity contribution >= 4 is 21.9 Å². The quantitative estimate of drug-likeness (QED) is 0.763. The van der Waals surface area contributed by atoms with E-state index in [0.29, 0.717) is 5.92 Å². The van der Waals surface area contributed by atoms with Crippen LogP contribution in [0.2, 0.25) is 0 Å². The number of carboxylic acids is 1. The van der Waals surface area contributed by atoms with Crippen LogP contribution in [0.25, 0.3) is 0 Å². The first-order valence-corrected chi connectivity index (χ1v) is 5.48. The summed E-state index contributed by atoms with van der Waals surface area (Å²) >= 11 is 3.18. The maximum absolute atomic E-state index is 10.5. The molecular formula is C9H15BrO2. The van der Waals surface area contributed by atoms with Gasteiger partial charge in [-0.1, -0.05) is 48.0 Å². The van der Waals surface area contributed by atoms with Gasteiger partial charge in [0.05, 0.1) is 0 Å². The largest absolute Gasteiger partial charge is 0.480 e. The highest BCUT2D eigenvalue weighted by atomic mass is 79.9. The van der Waals surface area contributed by atoms with E-state index < -0.39 is 5.97 Å². The molecule has 0 bridgehead atoms. The number of aliphatic carboxylic acids is 1. The maximum atomic E-state index is 10.5. The average Bonchev–Trinajstić information content (AvgIpc) is 2.06. The van der Waals surface area contributed by atoms with E-state index >= 15 is 0 Å². The Labute approximate surface area is 81.5 Å². The Balaban J connectivity index is 2.24. The fraction of sp³-hybridized carbons (Fsp3) is 0.889. The van der Waals surface area contributed by atoms with Gasteiger partial charge in [0.15, 0.2) is 0 Å². The third-order valence-electron chi connectivity index (χ3n) is 2.53. The first-order valence-electron chi connectivity index (χ1n) is 4.57. The van der Waals surface area contributed by atoms with Gasteiger partial charge in [-0.05, 0) is 12.3 Å². The fourth-order valence-electron chi connectivity index (χ4n) is 1.82. The van der Waals surface area contributed by atoms with Crippen molar-refractivity contribution in [3.63, 3.8) is 0 Å². The lowest BCUT2D eigenvalue weighted by Gasteiger charge is -2.22. The van der Waals surface area contributed by atoms with Crippen molar-refractivity contribution in [2.45, 2.75) is 43.4 Å². The highest BCUT2D eigenvalue weighted by molar-refractivity contribution is 9.10. The molecule has 1 aliphatic rings. The van der Waals surface area contributed by atoms with Crippen molar-refractivity contribution in [3.05, 3.63) is 0 Å². The molecule has 0 heterocycles. The summed E-state index contributed by atoms with van der Waals surface area (Å²) in [4.78, 5) is 10.2. The minimum absolute atomic E-state index is 0.333. The molecule has 2 nitrogen and oxygen atoms in total. The first kappa shape index (κ1) is 10.0. The molecule has 0 aromatic heterocycles. The van der Waals surface area contributed by atoms with E-state index in [1.807, 2.05) is 0 Å². The molecule has 1 fully saturated rings. The van der Waals surface area contributed by atoms with Gasteiger partial charge < -0.3 is 5.11 Å².